The lowest BCUT2D eigenvalue weighted by atomic mass is 10.0. The zero-order chi connectivity index (χ0) is 17.7. The lowest BCUT2D eigenvalue weighted by Crippen LogP contribution is -2.47. The molecule has 2 aromatic rings. The van der Waals surface area contributed by atoms with Crippen LogP contribution in [0.15, 0.2) is 59.5 Å². The molecule has 6 nitrogen and oxygen atoms in total. The molecule has 126 valence electrons. The van der Waals surface area contributed by atoms with Gasteiger partial charge in [-0.3, -0.25) is 9.59 Å². The van der Waals surface area contributed by atoms with E-state index in [4.69, 9.17) is 5.73 Å². The quantitative estimate of drug-likeness (QED) is 0.728. The van der Waals surface area contributed by atoms with E-state index in [1.807, 2.05) is 0 Å². The number of carbonyl (C=O) groups is 2. The fraction of sp³-hybridized carbons (Fsp3) is 0.176. The summed E-state index contributed by atoms with van der Waals surface area (Å²) in [6.45, 7) is 1.65. The topological polar surface area (TPSA) is 106 Å². The van der Waals surface area contributed by atoms with Crippen molar-refractivity contribution in [2.75, 3.05) is 0 Å². The van der Waals surface area contributed by atoms with Crippen LogP contribution in [0, 0.1) is 6.92 Å². The number of rotatable bonds is 7. The van der Waals surface area contributed by atoms with Gasteiger partial charge in [0.1, 0.15) is 0 Å². The average molecular weight is 346 g/mol. The number of sulfonamides is 1. The Kier molecular flexibility index (Phi) is 5.48. The number of nitrogens with one attached hydrogen (secondary N) is 1. The summed E-state index contributed by atoms with van der Waals surface area (Å²) in [5, 5.41) is 0. The van der Waals surface area contributed by atoms with Crippen LogP contribution in [-0.4, -0.2) is 26.2 Å². The summed E-state index contributed by atoms with van der Waals surface area (Å²) in [5.41, 5.74) is 6.30. The van der Waals surface area contributed by atoms with Crippen LogP contribution in [0.2, 0.25) is 0 Å². The molecule has 24 heavy (non-hydrogen) atoms. The standard InChI is InChI=1S/C17H18N2O4S/c1-12-7-5-6-10-15(12)24(22,23)19-14(16(20)17(18)21)11-13-8-3-2-4-9-13/h2-10,14,19H,11H2,1H3,(H2,18,21). The van der Waals surface area contributed by atoms with Crippen molar-refractivity contribution < 1.29 is 18.0 Å². The normalized spacial score (nSPS) is 12.5. The minimum absolute atomic E-state index is 0.0354. The number of aryl methyl sites for hydroxylation is 1. The Hall–Kier alpha value is -2.51. The molecule has 0 aliphatic rings. The van der Waals surface area contributed by atoms with Crippen molar-refractivity contribution in [3.05, 3.63) is 65.7 Å². The first-order valence-corrected chi connectivity index (χ1v) is 8.75. The van der Waals surface area contributed by atoms with E-state index < -0.39 is 27.8 Å². The van der Waals surface area contributed by atoms with Crippen molar-refractivity contribution in [2.24, 2.45) is 5.73 Å². The van der Waals surface area contributed by atoms with Gasteiger partial charge in [-0.2, -0.15) is 4.72 Å². The van der Waals surface area contributed by atoms with Crippen molar-refractivity contribution in [2.45, 2.75) is 24.3 Å². The molecular weight excluding hydrogens is 328 g/mol. The summed E-state index contributed by atoms with van der Waals surface area (Å²) in [4.78, 5) is 23.4. The van der Waals surface area contributed by atoms with Gasteiger partial charge in [0.05, 0.1) is 10.9 Å². The molecule has 0 heterocycles. The molecule has 2 aromatic carbocycles. The Balaban J connectivity index is 2.33. The first kappa shape index (κ1) is 17.8. The lowest BCUT2D eigenvalue weighted by molar-refractivity contribution is -0.136. The van der Waals surface area contributed by atoms with E-state index in [9.17, 15) is 18.0 Å². The second-order valence-electron chi connectivity index (χ2n) is 5.36. The molecule has 0 saturated carbocycles. The van der Waals surface area contributed by atoms with Crippen LogP contribution in [-0.2, 0) is 26.0 Å². The second-order valence-corrected chi connectivity index (χ2v) is 7.04. The maximum absolute atomic E-state index is 12.6. The Morgan fingerprint density at radius 3 is 2.21 bits per heavy atom. The molecule has 0 fully saturated rings. The minimum Gasteiger partial charge on any atom is -0.363 e. The molecule has 0 radical (unpaired) electrons. The molecule has 0 saturated heterocycles. The van der Waals surface area contributed by atoms with Gasteiger partial charge in [0.25, 0.3) is 5.91 Å². The summed E-state index contributed by atoms with van der Waals surface area (Å²) in [7, 11) is -3.97. The van der Waals surface area contributed by atoms with Crippen molar-refractivity contribution in [3.63, 3.8) is 0 Å². The Bertz CT molecular complexity index is 848. The number of hydrogen-bond donors (Lipinski definition) is 2. The highest BCUT2D eigenvalue weighted by molar-refractivity contribution is 7.89. The molecule has 3 N–H and O–H groups in total. The molecule has 7 heteroatoms. The molecular formula is C17H18N2O4S. The van der Waals surface area contributed by atoms with Crippen molar-refractivity contribution >= 4 is 21.7 Å². The maximum atomic E-state index is 12.6. The fourth-order valence-electron chi connectivity index (χ4n) is 2.32. The Morgan fingerprint density at radius 2 is 1.62 bits per heavy atom. The predicted molar refractivity (Wildman–Crippen MR) is 89.6 cm³/mol. The number of hydrogen-bond acceptors (Lipinski definition) is 4. The van der Waals surface area contributed by atoms with E-state index in [2.05, 4.69) is 4.72 Å². The average Bonchev–Trinajstić information content (AvgIpc) is 2.54. The van der Waals surface area contributed by atoms with Crippen LogP contribution in [0.5, 0.6) is 0 Å². The van der Waals surface area contributed by atoms with E-state index >= 15 is 0 Å². The number of ketones is 1. The third-order valence-electron chi connectivity index (χ3n) is 3.52. The minimum atomic E-state index is -3.97. The van der Waals surface area contributed by atoms with Crippen molar-refractivity contribution in [1.82, 2.24) is 4.72 Å². The summed E-state index contributed by atoms with van der Waals surface area (Å²) in [5.74, 6) is -2.15. The number of amides is 1. The number of nitrogens with two attached hydrogens (primary N) is 1. The van der Waals surface area contributed by atoms with Gasteiger partial charge in [-0.15, -0.1) is 0 Å². The molecule has 1 amide bonds. The first-order valence-electron chi connectivity index (χ1n) is 7.27. The smallest absolute Gasteiger partial charge is 0.286 e. The fourth-order valence-corrected chi connectivity index (χ4v) is 3.76. The molecule has 1 atom stereocenters. The number of benzene rings is 2. The van der Waals surface area contributed by atoms with Crippen LogP contribution in [0.3, 0.4) is 0 Å². The maximum Gasteiger partial charge on any atom is 0.286 e. The van der Waals surface area contributed by atoms with E-state index in [0.29, 0.717) is 11.1 Å². The summed E-state index contributed by atoms with van der Waals surface area (Å²) in [6.07, 6.45) is 0.0354. The third-order valence-corrected chi connectivity index (χ3v) is 5.15. The van der Waals surface area contributed by atoms with Gasteiger partial charge in [-0.05, 0) is 30.5 Å². The van der Waals surface area contributed by atoms with Crippen LogP contribution in [0.1, 0.15) is 11.1 Å². The van der Waals surface area contributed by atoms with Crippen LogP contribution in [0.4, 0.5) is 0 Å². The molecule has 0 spiro atoms. The monoisotopic (exact) mass is 346 g/mol. The highest BCUT2D eigenvalue weighted by atomic mass is 32.2. The molecule has 2 rings (SSSR count). The van der Waals surface area contributed by atoms with Gasteiger partial charge in [-0.1, -0.05) is 48.5 Å². The highest BCUT2D eigenvalue weighted by Crippen LogP contribution is 2.15. The first-order chi connectivity index (χ1) is 11.3. The summed E-state index contributed by atoms with van der Waals surface area (Å²) in [6, 6.07) is 13.9. The van der Waals surface area contributed by atoms with E-state index in [0.717, 1.165) is 0 Å². The van der Waals surface area contributed by atoms with Gasteiger partial charge >= 0.3 is 0 Å². The van der Waals surface area contributed by atoms with Gasteiger partial charge in [0.2, 0.25) is 15.8 Å². The van der Waals surface area contributed by atoms with E-state index in [-0.39, 0.29) is 11.3 Å². The van der Waals surface area contributed by atoms with Crippen molar-refractivity contribution in [1.29, 1.82) is 0 Å². The molecule has 0 aliphatic carbocycles. The number of carbonyl (C=O) groups excluding carboxylic acids is 2. The molecule has 0 aromatic heterocycles. The molecule has 0 bridgehead atoms. The zero-order valence-electron chi connectivity index (χ0n) is 13.1. The van der Waals surface area contributed by atoms with Crippen LogP contribution >= 0.6 is 0 Å². The number of primary amides is 1. The Morgan fingerprint density at radius 1 is 1.04 bits per heavy atom. The number of Topliss-reactive ketones (excluding diaryl/α,β-unsaturated/α-hetero) is 1. The van der Waals surface area contributed by atoms with Gasteiger partial charge < -0.3 is 5.73 Å². The third kappa shape index (κ3) is 4.27. The molecule has 0 aliphatic heterocycles. The Labute approximate surface area is 140 Å². The second kappa shape index (κ2) is 7.37. The van der Waals surface area contributed by atoms with E-state index in [1.165, 1.54) is 6.07 Å². The highest BCUT2D eigenvalue weighted by Gasteiger charge is 2.29. The lowest BCUT2D eigenvalue weighted by Gasteiger charge is -2.17. The summed E-state index contributed by atoms with van der Waals surface area (Å²) < 4.78 is 27.4. The largest absolute Gasteiger partial charge is 0.363 e. The van der Waals surface area contributed by atoms with Crippen molar-refractivity contribution in [3.8, 4) is 0 Å². The summed E-state index contributed by atoms with van der Waals surface area (Å²) >= 11 is 0. The van der Waals surface area contributed by atoms with Crippen LogP contribution < -0.4 is 10.5 Å². The van der Waals surface area contributed by atoms with Crippen LogP contribution in [0.25, 0.3) is 0 Å². The zero-order valence-corrected chi connectivity index (χ0v) is 13.9. The predicted octanol–water partition coefficient (Wildman–Crippen LogP) is 0.939. The van der Waals surface area contributed by atoms with Gasteiger partial charge in [-0.25, -0.2) is 8.42 Å². The molecule has 1 unspecified atom stereocenters. The van der Waals surface area contributed by atoms with E-state index in [1.54, 1.807) is 55.5 Å². The SMILES string of the molecule is Cc1ccccc1S(=O)(=O)NC(Cc1ccccc1)C(=O)C(N)=O. The van der Waals surface area contributed by atoms with Gasteiger partial charge in [0.15, 0.2) is 0 Å². The van der Waals surface area contributed by atoms with Gasteiger partial charge in [0, 0.05) is 0 Å².